The van der Waals surface area contributed by atoms with Gasteiger partial charge in [-0.2, -0.15) is 0 Å². The van der Waals surface area contributed by atoms with Crippen molar-refractivity contribution in [2.24, 2.45) is 0 Å². The van der Waals surface area contributed by atoms with Gasteiger partial charge in [0.05, 0.1) is 11.7 Å². The Balaban J connectivity index is 1.56. The van der Waals surface area contributed by atoms with Gasteiger partial charge >= 0.3 is 0 Å². The predicted octanol–water partition coefficient (Wildman–Crippen LogP) is 1.90. The SMILES string of the molecule is CCCCN1CCCCC1CNC(=O)c1nnn(C2CCNCC2)c1C. The Morgan fingerprint density at radius 3 is 2.85 bits per heavy atom. The molecule has 0 bridgehead atoms. The number of amides is 1. The van der Waals surface area contributed by atoms with Gasteiger partial charge in [-0.05, 0) is 65.2 Å². The molecule has 0 aliphatic carbocycles. The maximum absolute atomic E-state index is 12.7. The molecule has 7 nitrogen and oxygen atoms in total. The fraction of sp³-hybridized carbons (Fsp3) is 0.842. The van der Waals surface area contributed by atoms with Crippen LogP contribution in [0.25, 0.3) is 0 Å². The van der Waals surface area contributed by atoms with E-state index in [2.05, 4.69) is 32.8 Å². The Morgan fingerprint density at radius 1 is 1.27 bits per heavy atom. The third-order valence-corrected chi connectivity index (χ3v) is 5.84. The highest BCUT2D eigenvalue weighted by atomic mass is 16.2. The number of hydrogen-bond acceptors (Lipinski definition) is 5. The van der Waals surface area contributed by atoms with Gasteiger partial charge in [0, 0.05) is 12.6 Å². The number of likely N-dealkylation sites (tertiary alicyclic amines) is 1. The number of nitrogens with one attached hydrogen (secondary N) is 2. The highest BCUT2D eigenvalue weighted by molar-refractivity contribution is 5.93. The van der Waals surface area contributed by atoms with Crippen LogP contribution in [0.1, 0.15) is 74.1 Å². The molecule has 1 aromatic heterocycles. The van der Waals surface area contributed by atoms with Crippen molar-refractivity contribution in [3.8, 4) is 0 Å². The first-order valence-corrected chi connectivity index (χ1v) is 10.4. The van der Waals surface area contributed by atoms with Gasteiger partial charge in [0.2, 0.25) is 0 Å². The normalized spacial score (nSPS) is 22.5. The van der Waals surface area contributed by atoms with E-state index in [0.29, 0.717) is 24.3 Å². The summed E-state index contributed by atoms with van der Waals surface area (Å²) in [5, 5.41) is 15.0. The summed E-state index contributed by atoms with van der Waals surface area (Å²) < 4.78 is 1.95. The lowest BCUT2D eigenvalue weighted by atomic mass is 10.0. The zero-order valence-electron chi connectivity index (χ0n) is 16.3. The summed E-state index contributed by atoms with van der Waals surface area (Å²) in [7, 11) is 0. The molecule has 3 heterocycles. The molecular formula is C19H34N6O. The maximum Gasteiger partial charge on any atom is 0.273 e. The zero-order chi connectivity index (χ0) is 18.4. The average Bonchev–Trinajstić information content (AvgIpc) is 3.07. The van der Waals surface area contributed by atoms with Crippen molar-refractivity contribution < 1.29 is 4.79 Å². The number of unbranched alkanes of at least 4 members (excludes halogenated alkanes) is 1. The number of aromatic nitrogens is 3. The van der Waals surface area contributed by atoms with Crippen LogP contribution >= 0.6 is 0 Å². The fourth-order valence-corrected chi connectivity index (χ4v) is 4.19. The number of rotatable bonds is 7. The minimum absolute atomic E-state index is 0.0799. The minimum atomic E-state index is -0.0799. The highest BCUT2D eigenvalue weighted by Crippen LogP contribution is 2.21. The Kier molecular flexibility index (Phi) is 7.02. The highest BCUT2D eigenvalue weighted by Gasteiger charge is 2.25. The molecule has 2 aliphatic heterocycles. The van der Waals surface area contributed by atoms with E-state index < -0.39 is 0 Å². The molecule has 1 amide bonds. The van der Waals surface area contributed by atoms with Crippen molar-refractivity contribution in [1.82, 2.24) is 30.5 Å². The fourth-order valence-electron chi connectivity index (χ4n) is 4.19. The van der Waals surface area contributed by atoms with Gasteiger partial charge in [-0.25, -0.2) is 4.68 Å². The molecule has 1 unspecified atom stereocenters. The van der Waals surface area contributed by atoms with Gasteiger partial charge in [0.25, 0.3) is 5.91 Å². The Labute approximate surface area is 156 Å². The molecule has 0 saturated carbocycles. The van der Waals surface area contributed by atoms with E-state index in [1.54, 1.807) is 0 Å². The molecule has 146 valence electrons. The molecule has 2 saturated heterocycles. The van der Waals surface area contributed by atoms with E-state index in [9.17, 15) is 4.79 Å². The Hall–Kier alpha value is -1.47. The lowest BCUT2D eigenvalue weighted by molar-refractivity contribution is 0.0907. The molecule has 0 radical (unpaired) electrons. The third kappa shape index (κ3) is 4.62. The quantitative estimate of drug-likeness (QED) is 0.775. The molecule has 7 heteroatoms. The van der Waals surface area contributed by atoms with Crippen LogP contribution in [0.2, 0.25) is 0 Å². The van der Waals surface area contributed by atoms with E-state index in [1.807, 2.05) is 11.6 Å². The van der Waals surface area contributed by atoms with Gasteiger partial charge < -0.3 is 10.6 Å². The number of carbonyl (C=O) groups is 1. The molecule has 2 fully saturated rings. The second kappa shape index (κ2) is 9.46. The van der Waals surface area contributed by atoms with Crippen LogP contribution in [-0.2, 0) is 0 Å². The Bertz CT molecular complexity index is 581. The number of piperidine rings is 2. The van der Waals surface area contributed by atoms with E-state index in [-0.39, 0.29) is 5.91 Å². The first-order chi connectivity index (χ1) is 12.7. The van der Waals surface area contributed by atoms with Gasteiger partial charge in [-0.15, -0.1) is 5.10 Å². The summed E-state index contributed by atoms with van der Waals surface area (Å²) in [5.41, 5.74) is 1.38. The second-order valence-electron chi connectivity index (χ2n) is 7.70. The summed E-state index contributed by atoms with van der Waals surface area (Å²) >= 11 is 0. The van der Waals surface area contributed by atoms with Crippen LogP contribution in [0.15, 0.2) is 0 Å². The molecule has 2 N–H and O–H groups in total. The number of nitrogens with zero attached hydrogens (tertiary/aromatic N) is 4. The van der Waals surface area contributed by atoms with E-state index in [1.165, 1.54) is 32.1 Å². The summed E-state index contributed by atoms with van der Waals surface area (Å²) in [4.78, 5) is 15.2. The molecule has 26 heavy (non-hydrogen) atoms. The predicted molar refractivity (Wildman–Crippen MR) is 102 cm³/mol. The lowest BCUT2D eigenvalue weighted by Gasteiger charge is -2.35. The topological polar surface area (TPSA) is 75.1 Å². The van der Waals surface area contributed by atoms with Gasteiger partial charge in [0.15, 0.2) is 5.69 Å². The molecule has 1 atom stereocenters. The smallest absolute Gasteiger partial charge is 0.273 e. The van der Waals surface area contributed by atoms with Crippen LogP contribution in [-0.4, -0.2) is 64.6 Å². The van der Waals surface area contributed by atoms with Gasteiger partial charge in [0.1, 0.15) is 0 Å². The minimum Gasteiger partial charge on any atom is -0.349 e. The second-order valence-corrected chi connectivity index (χ2v) is 7.70. The number of carbonyl (C=O) groups excluding carboxylic acids is 1. The molecular weight excluding hydrogens is 328 g/mol. The van der Waals surface area contributed by atoms with Crippen molar-refractivity contribution in [3.63, 3.8) is 0 Å². The zero-order valence-corrected chi connectivity index (χ0v) is 16.3. The van der Waals surface area contributed by atoms with Crippen molar-refractivity contribution >= 4 is 5.91 Å². The van der Waals surface area contributed by atoms with Crippen LogP contribution in [0.3, 0.4) is 0 Å². The van der Waals surface area contributed by atoms with Gasteiger partial charge in [-0.3, -0.25) is 9.69 Å². The molecule has 2 aliphatic rings. The van der Waals surface area contributed by atoms with E-state index in [0.717, 1.165) is 44.7 Å². The third-order valence-electron chi connectivity index (χ3n) is 5.84. The largest absolute Gasteiger partial charge is 0.349 e. The van der Waals surface area contributed by atoms with Crippen LogP contribution in [0, 0.1) is 6.92 Å². The molecule has 0 aromatic carbocycles. The van der Waals surface area contributed by atoms with Crippen molar-refractivity contribution in [1.29, 1.82) is 0 Å². The van der Waals surface area contributed by atoms with Crippen LogP contribution in [0.4, 0.5) is 0 Å². The molecule has 0 spiro atoms. The molecule has 1 aromatic rings. The summed E-state index contributed by atoms with van der Waals surface area (Å²) in [6, 6.07) is 0.812. The Morgan fingerprint density at radius 2 is 2.08 bits per heavy atom. The van der Waals surface area contributed by atoms with E-state index >= 15 is 0 Å². The first-order valence-electron chi connectivity index (χ1n) is 10.4. The van der Waals surface area contributed by atoms with Crippen molar-refractivity contribution in [3.05, 3.63) is 11.4 Å². The van der Waals surface area contributed by atoms with Crippen molar-refractivity contribution in [2.45, 2.75) is 70.9 Å². The summed E-state index contributed by atoms with van der Waals surface area (Å²) in [5.74, 6) is -0.0799. The van der Waals surface area contributed by atoms with Crippen LogP contribution in [0.5, 0.6) is 0 Å². The lowest BCUT2D eigenvalue weighted by Crippen LogP contribution is -2.47. The summed E-state index contributed by atoms with van der Waals surface area (Å²) in [6.45, 7) is 9.21. The van der Waals surface area contributed by atoms with Crippen LogP contribution < -0.4 is 10.6 Å². The molecule has 3 rings (SSSR count). The summed E-state index contributed by atoms with van der Waals surface area (Å²) in [6.07, 6.45) is 8.23. The first kappa shape index (κ1) is 19.3. The average molecular weight is 363 g/mol. The number of hydrogen-bond donors (Lipinski definition) is 2. The maximum atomic E-state index is 12.7. The van der Waals surface area contributed by atoms with Gasteiger partial charge in [-0.1, -0.05) is 25.0 Å². The van der Waals surface area contributed by atoms with E-state index in [4.69, 9.17) is 0 Å². The standard InChI is InChI=1S/C19H34N6O/c1-3-4-12-24-13-6-5-7-17(24)14-21-19(26)18-15(2)25(23-22-18)16-8-10-20-11-9-16/h16-17,20H,3-14H2,1-2H3,(H,21,26). The van der Waals surface area contributed by atoms with Crippen molar-refractivity contribution in [2.75, 3.05) is 32.7 Å². The monoisotopic (exact) mass is 362 g/mol.